The molecular weight excluding hydrogens is 340 g/mol. The average Bonchev–Trinajstić information content (AvgIpc) is 3.54. The molecule has 0 bridgehead atoms. The fourth-order valence-electron chi connectivity index (χ4n) is 2.75. The third kappa shape index (κ3) is 4.61. The topological polar surface area (TPSA) is 25.1 Å². The zero-order chi connectivity index (χ0) is 19.1. The van der Waals surface area contributed by atoms with E-state index in [-0.39, 0.29) is 0 Å². The van der Waals surface area contributed by atoms with Gasteiger partial charge in [0.1, 0.15) is 12.8 Å². The number of pyridine rings is 1. The lowest BCUT2D eigenvalue weighted by Gasteiger charge is -2.08. The summed E-state index contributed by atoms with van der Waals surface area (Å²) in [5.41, 5.74) is 2.41. The van der Waals surface area contributed by atoms with Crippen LogP contribution < -0.4 is 14.0 Å². The maximum atomic E-state index is 5.33. The first kappa shape index (κ1) is 20.4. The van der Waals surface area contributed by atoms with E-state index in [1.54, 1.807) is 7.11 Å². The molecule has 3 nitrogen and oxygen atoms in total. The number of benzene rings is 2. The van der Waals surface area contributed by atoms with Crippen molar-refractivity contribution < 1.29 is 9.30 Å². The molecule has 26 heavy (non-hydrogen) atoms. The van der Waals surface area contributed by atoms with Crippen molar-refractivity contribution in [1.82, 2.24) is 0 Å². The number of hydrogen-bond acceptors (Lipinski definition) is 3. The molecule has 1 heterocycles. The van der Waals surface area contributed by atoms with Gasteiger partial charge in [-0.3, -0.25) is 0 Å². The Balaban J connectivity index is 0.000000570. The number of rotatable bonds is 4. The van der Waals surface area contributed by atoms with Gasteiger partial charge in [-0.1, -0.05) is 27.7 Å². The first-order valence-corrected chi connectivity index (χ1v) is 10.4. The van der Waals surface area contributed by atoms with Crippen LogP contribution in [-0.4, -0.2) is 12.4 Å². The van der Waals surface area contributed by atoms with E-state index in [0.29, 0.717) is 0 Å². The summed E-state index contributed by atoms with van der Waals surface area (Å²) in [6.07, 6.45) is 4.84. The Morgan fingerprint density at radius 3 is 2.35 bits per heavy atom. The van der Waals surface area contributed by atoms with Gasteiger partial charge >= 0.3 is 0 Å². The average molecular weight is 372 g/mol. The van der Waals surface area contributed by atoms with E-state index < -0.39 is 0 Å². The minimum atomic E-state index is 0.800. The fraction of sp³-hybridized carbons (Fsp3) is 0.409. The number of methoxy groups -OCH3 is 1. The summed E-state index contributed by atoms with van der Waals surface area (Å²) in [7, 11) is 3.80. The molecule has 0 aliphatic heterocycles. The lowest BCUT2D eigenvalue weighted by Crippen LogP contribution is -2.28. The normalized spacial score (nSPS) is 12.7. The number of aromatic nitrogens is 1. The minimum absolute atomic E-state index is 0.800. The second-order valence-electron chi connectivity index (χ2n) is 5.84. The van der Waals surface area contributed by atoms with Crippen LogP contribution in [0, 0.1) is 0 Å². The van der Waals surface area contributed by atoms with Gasteiger partial charge in [-0.25, -0.2) is 4.57 Å². The largest absolute Gasteiger partial charge is 0.497 e. The maximum absolute atomic E-state index is 5.33. The van der Waals surface area contributed by atoms with Crippen molar-refractivity contribution in [3.05, 3.63) is 42.6 Å². The molecule has 1 saturated carbocycles. The zero-order valence-electron chi connectivity index (χ0n) is 16.8. The number of nitrogens with zero attached hydrogens (tertiary/aromatic N) is 1. The molecule has 0 unspecified atom stereocenters. The van der Waals surface area contributed by atoms with E-state index in [4.69, 9.17) is 4.74 Å². The van der Waals surface area contributed by atoms with Crippen LogP contribution in [0.3, 0.4) is 0 Å². The standard InChI is InChI=1S/C18H18N2OS.2C2H6/c1-20-11-12-9-14(21-2)4-8-16(12)17-7-3-13(10-18(17)20)19-22-15-5-6-15;2*1-2/h3-4,7-11,15H,5-6H2,1-2H3;2*1-2H3/p+1. The third-order valence-corrected chi connectivity index (χ3v) is 5.29. The maximum Gasteiger partial charge on any atom is 0.215 e. The molecule has 1 N–H and O–H groups in total. The molecule has 4 heteroatoms. The van der Waals surface area contributed by atoms with E-state index in [9.17, 15) is 0 Å². The molecule has 1 aromatic heterocycles. The van der Waals surface area contributed by atoms with Gasteiger partial charge in [0, 0.05) is 16.7 Å². The molecule has 0 spiro atoms. The van der Waals surface area contributed by atoms with Crippen LogP contribution >= 0.6 is 11.9 Å². The Hall–Kier alpha value is -1.94. The molecule has 1 aliphatic rings. The van der Waals surface area contributed by atoms with Crippen molar-refractivity contribution in [3.8, 4) is 5.75 Å². The Morgan fingerprint density at radius 1 is 1.00 bits per heavy atom. The second kappa shape index (κ2) is 9.67. The van der Waals surface area contributed by atoms with E-state index in [1.165, 1.54) is 40.2 Å². The predicted octanol–water partition coefficient (Wildman–Crippen LogP) is 6.10. The van der Waals surface area contributed by atoms with Gasteiger partial charge in [-0.15, -0.1) is 0 Å². The van der Waals surface area contributed by atoms with E-state index in [2.05, 4.69) is 52.9 Å². The van der Waals surface area contributed by atoms with Gasteiger partial charge in [0.2, 0.25) is 5.52 Å². The van der Waals surface area contributed by atoms with Gasteiger partial charge in [0.05, 0.1) is 23.6 Å². The highest BCUT2D eigenvalue weighted by Gasteiger charge is 2.22. The second-order valence-corrected chi connectivity index (χ2v) is 6.95. The molecular formula is C22H31N2OS+. The number of aryl methyl sites for hydroxylation is 1. The Bertz CT molecular complexity index is 860. The summed E-state index contributed by atoms with van der Waals surface area (Å²) in [6, 6.07) is 12.9. The van der Waals surface area contributed by atoms with Crippen LogP contribution in [0.15, 0.2) is 42.6 Å². The summed E-state index contributed by atoms with van der Waals surface area (Å²) in [4.78, 5) is 0. The van der Waals surface area contributed by atoms with Crippen molar-refractivity contribution in [3.63, 3.8) is 0 Å². The Labute approximate surface area is 161 Å². The zero-order valence-corrected chi connectivity index (χ0v) is 17.6. The monoisotopic (exact) mass is 371 g/mol. The number of anilines is 1. The molecule has 140 valence electrons. The van der Waals surface area contributed by atoms with Crippen molar-refractivity contribution in [2.24, 2.45) is 7.05 Å². The van der Waals surface area contributed by atoms with Gasteiger partial charge in [0.25, 0.3) is 0 Å². The van der Waals surface area contributed by atoms with Crippen LogP contribution in [0.1, 0.15) is 40.5 Å². The molecule has 1 aliphatic carbocycles. The van der Waals surface area contributed by atoms with E-state index in [0.717, 1.165) is 11.0 Å². The molecule has 0 atom stereocenters. The highest BCUT2D eigenvalue weighted by Crippen LogP contribution is 2.35. The van der Waals surface area contributed by atoms with Gasteiger partial charge in [-0.2, -0.15) is 0 Å². The SMILES string of the molecule is CC.CC.COc1ccc2c(c1)c[n+](C)c1cc(NSC3CC3)ccc21. The lowest BCUT2D eigenvalue weighted by atomic mass is 10.1. The Morgan fingerprint density at radius 2 is 1.69 bits per heavy atom. The molecule has 1 fully saturated rings. The lowest BCUT2D eigenvalue weighted by molar-refractivity contribution is -0.643. The summed E-state index contributed by atoms with van der Waals surface area (Å²) < 4.78 is 11.0. The molecule has 4 rings (SSSR count). The molecule has 0 saturated heterocycles. The van der Waals surface area contributed by atoms with Crippen LogP contribution in [0.25, 0.3) is 21.7 Å². The van der Waals surface area contributed by atoms with Crippen molar-refractivity contribution in [2.75, 3.05) is 11.8 Å². The summed E-state index contributed by atoms with van der Waals surface area (Å²) >= 11 is 1.84. The third-order valence-electron chi connectivity index (χ3n) is 4.13. The van der Waals surface area contributed by atoms with Crippen LogP contribution in [0.2, 0.25) is 0 Å². The first-order chi connectivity index (χ1) is 12.7. The van der Waals surface area contributed by atoms with Gasteiger partial charge < -0.3 is 9.46 Å². The van der Waals surface area contributed by atoms with Gasteiger partial charge in [0.15, 0.2) is 6.20 Å². The highest BCUT2D eigenvalue weighted by atomic mass is 32.2. The highest BCUT2D eigenvalue weighted by molar-refractivity contribution is 8.01. The van der Waals surface area contributed by atoms with Crippen molar-refractivity contribution >= 4 is 39.3 Å². The molecule has 3 aromatic rings. The van der Waals surface area contributed by atoms with Gasteiger partial charge in [-0.05, 0) is 55.1 Å². The first-order valence-electron chi connectivity index (χ1n) is 9.56. The van der Waals surface area contributed by atoms with Crippen LogP contribution in [-0.2, 0) is 7.05 Å². The summed E-state index contributed by atoms with van der Waals surface area (Å²) in [5, 5.41) is 4.52. The summed E-state index contributed by atoms with van der Waals surface area (Å²) in [6.45, 7) is 8.00. The number of ether oxygens (including phenoxy) is 1. The van der Waals surface area contributed by atoms with E-state index >= 15 is 0 Å². The number of nitrogens with one attached hydrogen (secondary N) is 1. The Kier molecular flexibility index (Phi) is 7.58. The van der Waals surface area contributed by atoms with Crippen molar-refractivity contribution in [1.29, 1.82) is 0 Å². The number of hydrogen-bond donors (Lipinski definition) is 1. The van der Waals surface area contributed by atoms with Crippen molar-refractivity contribution in [2.45, 2.75) is 45.8 Å². The van der Waals surface area contributed by atoms with Crippen LogP contribution in [0.5, 0.6) is 5.75 Å². The predicted molar refractivity (Wildman–Crippen MR) is 116 cm³/mol. The van der Waals surface area contributed by atoms with Crippen LogP contribution in [0.4, 0.5) is 5.69 Å². The van der Waals surface area contributed by atoms with E-state index in [1.807, 2.05) is 45.7 Å². The molecule has 2 aromatic carbocycles. The fourth-order valence-corrected chi connectivity index (χ4v) is 3.55. The molecule has 0 amide bonds. The molecule has 0 radical (unpaired) electrons. The number of fused-ring (bicyclic) bond motifs is 3. The smallest absolute Gasteiger partial charge is 0.215 e. The quantitative estimate of drug-likeness (QED) is 0.341. The summed E-state index contributed by atoms with van der Waals surface area (Å²) in [5.74, 6) is 0.894. The minimum Gasteiger partial charge on any atom is -0.497 e.